The van der Waals surface area contributed by atoms with Gasteiger partial charge in [-0.05, 0) is 38.3 Å². The Bertz CT molecular complexity index is 499. The lowest BCUT2D eigenvalue weighted by atomic mass is 10.1. The van der Waals surface area contributed by atoms with Crippen molar-refractivity contribution in [2.75, 3.05) is 13.1 Å². The summed E-state index contributed by atoms with van der Waals surface area (Å²) in [7, 11) is 0. The maximum atomic E-state index is 11.8. The van der Waals surface area contributed by atoms with Gasteiger partial charge in [0.05, 0.1) is 12.0 Å². The zero-order valence-corrected chi connectivity index (χ0v) is 12.3. The molecule has 0 bridgehead atoms. The summed E-state index contributed by atoms with van der Waals surface area (Å²) < 4.78 is 0. The van der Waals surface area contributed by atoms with E-state index >= 15 is 0 Å². The molecule has 1 aromatic carbocycles. The van der Waals surface area contributed by atoms with Gasteiger partial charge < -0.3 is 15.7 Å². The summed E-state index contributed by atoms with van der Waals surface area (Å²) in [5.41, 5.74) is 1.71. The highest BCUT2D eigenvalue weighted by Gasteiger charge is 2.30. The molecule has 1 aliphatic carbocycles. The van der Waals surface area contributed by atoms with Gasteiger partial charge in [-0.1, -0.05) is 17.7 Å². The van der Waals surface area contributed by atoms with Gasteiger partial charge in [0.2, 0.25) is 5.91 Å². The molecule has 0 heterocycles. The van der Waals surface area contributed by atoms with Crippen LogP contribution < -0.4 is 10.6 Å². The summed E-state index contributed by atoms with van der Waals surface area (Å²) in [4.78, 5) is 23.7. The van der Waals surface area contributed by atoms with E-state index in [0.29, 0.717) is 25.1 Å². The van der Waals surface area contributed by atoms with Crippen LogP contribution >= 0.6 is 0 Å². The van der Waals surface area contributed by atoms with E-state index in [1.165, 1.54) is 0 Å². The number of aliphatic hydroxyl groups is 1. The molecule has 21 heavy (non-hydrogen) atoms. The molecule has 3 N–H and O–H groups in total. The van der Waals surface area contributed by atoms with Crippen molar-refractivity contribution in [3.05, 3.63) is 35.4 Å². The summed E-state index contributed by atoms with van der Waals surface area (Å²) in [6.45, 7) is 2.72. The second-order valence-corrected chi connectivity index (χ2v) is 5.52. The van der Waals surface area contributed by atoms with Crippen LogP contribution in [0.2, 0.25) is 0 Å². The largest absolute Gasteiger partial charge is 0.392 e. The number of hydrogen-bond acceptors (Lipinski definition) is 3. The SMILES string of the molecule is Cc1ccc(C(=O)NCCNC(=O)C2CCCC2O)cc1. The fraction of sp³-hybridized carbons (Fsp3) is 0.500. The minimum Gasteiger partial charge on any atom is -0.392 e. The Kier molecular flexibility index (Phi) is 5.33. The van der Waals surface area contributed by atoms with Gasteiger partial charge in [-0.25, -0.2) is 0 Å². The number of aryl methyl sites for hydroxylation is 1. The third-order valence-corrected chi connectivity index (χ3v) is 3.84. The smallest absolute Gasteiger partial charge is 0.251 e. The van der Waals surface area contributed by atoms with Crippen molar-refractivity contribution in [1.29, 1.82) is 0 Å². The van der Waals surface area contributed by atoms with Crippen molar-refractivity contribution in [3.8, 4) is 0 Å². The quantitative estimate of drug-likeness (QED) is 0.708. The van der Waals surface area contributed by atoms with E-state index < -0.39 is 6.10 Å². The van der Waals surface area contributed by atoms with E-state index in [4.69, 9.17) is 0 Å². The number of rotatable bonds is 5. The van der Waals surface area contributed by atoms with Crippen molar-refractivity contribution < 1.29 is 14.7 Å². The van der Waals surface area contributed by atoms with E-state index in [9.17, 15) is 14.7 Å². The standard InChI is InChI=1S/C16H22N2O3/c1-11-5-7-12(8-6-11)15(20)17-9-10-18-16(21)13-3-2-4-14(13)19/h5-8,13-14,19H,2-4,9-10H2,1H3,(H,17,20)(H,18,21). The number of benzene rings is 1. The minimum atomic E-state index is -0.521. The highest BCUT2D eigenvalue weighted by atomic mass is 16.3. The second kappa shape index (κ2) is 7.22. The van der Waals surface area contributed by atoms with Gasteiger partial charge in [0, 0.05) is 18.7 Å². The molecule has 0 saturated heterocycles. The van der Waals surface area contributed by atoms with Crippen LogP contribution in [0.1, 0.15) is 35.2 Å². The average Bonchev–Trinajstić information content (AvgIpc) is 2.90. The zero-order valence-electron chi connectivity index (χ0n) is 12.3. The number of hydrogen-bond donors (Lipinski definition) is 3. The van der Waals surface area contributed by atoms with Crippen LogP contribution in [0, 0.1) is 12.8 Å². The average molecular weight is 290 g/mol. The van der Waals surface area contributed by atoms with Crippen molar-refractivity contribution in [2.24, 2.45) is 5.92 Å². The van der Waals surface area contributed by atoms with Crippen LogP contribution in [0.4, 0.5) is 0 Å². The first-order valence-corrected chi connectivity index (χ1v) is 7.38. The van der Waals surface area contributed by atoms with Crippen LogP contribution in [0.15, 0.2) is 24.3 Å². The van der Waals surface area contributed by atoms with Crippen molar-refractivity contribution in [1.82, 2.24) is 10.6 Å². The normalized spacial score (nSPS) is 21.0. The van der Waals surface area contributed by atoms with Crippen molar-refractivity contribution >= 4 is 11.8 Å². The summed E-state index contributed by atoms with van der Waals surface area (Å²) in [6, 6.07) is 7.33. The fourth-order valence-electron chi connectivity index (χ4n) is 2.55. The van der Waals surface area contributed by atoms with Crippen LogP contribution in [-0.2, 0) is 4.79 Å². The third-order valence-electron chi connectivity index (χ3n) is 3.84. The number of carbonyl (C=O) groups is 2. The molecule has 5 nitrogen and oxygen atoms in total. The van der Waals surface area contributed by atoms with E-state index in [-0.39, 0.29) is 17.7 Å². The zero-order chi connectivity index (χ0) is 15.2. The Labute approximate surface area is 124 Å². The van der Waals surface area contributed by atoms with Crippen molar-refractivity contribution in [3.63, 3.8) is 0 Å². The molecule has 5 heteroatoms. The number of amides is 2. The molecule has 2 rings (SSSR count). The molecule has 2 amide bonds. The predicted molar refractivity (Wildman–Crippen MR) is 79.9 cm³/mol. The lowest BCUT2D eigenvalue weighted by Crippen LogP contribution is -2.39. The minimum absolute atomic E-state index is 0.121. The van der Waals surface area contributed by atoms with Crippen LogP contribution in [0.5, 0.6) is 0 Å². The van der Waals surface area contributed by atoms with Crippen LogP contribution in [0.3, 0.4) is 0 Å². The highest BCUT2D eigenvalue weighted by molar-refractivity contribution is 5.94. The highest BCUT2D eigenvalue weighted by Crippen LogP contribution is 2.25. The van der Waals surface area contributed by atoms with E-state index in [2.05, 4.69) is 10.6 Å². The predicted octanol–water partition coefficient (Wildman–Crippen LogP) is 1.00. The number of aliphatic hydroxyl groups excluding tert-OH is 1. The fourth-order valence-corrected chi connectivity index (χ4v) is 2.55. The molecule has 1 aliphatic rings. The number of nitrogens with one attached hydrogen (secondary N) is 2. The molecule has 0 aliphatic heterocycles. The first-order valence-electron chi connectivity index (χ1n) is 7.38. The van der Waals surface area contributed by atoms with Gasteiger partial charge in [-0.15, -0.1) is 0 Å². The Morgan fingerprint density at radius 3 is 2.43 bits per heavy atom. The molecule has 1 aromatic rings. The first-order chi connectivity index (χ1) is 10.1. The Morgan fingerprint density at radius 2 is 1.81 bits per heavy atom. The van der Waals surface area contributed by atoms with Gasteiger partial charge in [0.1, 0.15) is 0 Å². The van der Waals surface area contributed by atoms with Gasteiger partial charge in [0.25, 0.3) is 5.91 Å². The lowest BCUT2D eigenvalue weighted by molar-refractivity contribution is -0.127. The molecule has 0 spiro atoms. The molecular formula is C16H22N2O3. The Morgan fingerprint density at radius 1 is 1.14 bits per heavy atom. The summed E-state index contributed by atoms with van der Waals surface area (Å²) in [6.07, 6.45) is 1.81. The van der Waals surface area contributed by atoms with Crippen LogP contribution in [-0.4, -0.2) is 36.1 Å². The Hall–Kier alpha value is -1.88. The molecular weight excluding hydrogens is 268 g/mol. The maximum Gasteiger partial charge on any atom is 0.251 e. The monoisotopic (exact) mass is 290 g/mol. The van der Waals surface area contributed by atoms with E-state index in [1.807, 2.05) is 19.1 Å². The van der Waals surface area contributed by atoms with Gasteiger partial charge >= 0.3 is 0 Å². The van der Waals surface area contributed by atoms with E-state index in [1.54, 1.807) is 12.1 Å². The summed E-state index contributed by atoms with van der Waals surface area (Å²) in [5, 5.41) is 15.2. The lowest BCUT2D eigenvalue weighted by Gasteiger charge is -2.14. The summed E-state index contributed by atoms with van der Waals surface area (Å²) >= 11 is 0. The maximum absolute atomic E-state index is 11.8. The van der Waals surface area contributed by atoms with Crippen LogP contribution in [0.25, 0.3) is 0 Å². The Balaban J connectivity index is 1.68. The number of carbonyl (C=O) groups excluding carboxylic acids is 2. The first kappa shape index (κ1) is 15.5. The molecule has 1 saturated carbocycles. The van der Waals surface area contributed by atoms with Gasteiger partial charge in [-0.2, -0.15) is 0 Å². The molecule has 0 aromatic heterocycles. The molecule has 2 unspecified atom stereocenters. The molecule has 0 radical (unpaired) electrons. The molecule has 2 atom stereocenters. The third kappa shape index (κ3) is 4.29. The summed E-state index contributed by atoms with van der Waals surface area (Å²) in [5.74, 6) is -0.562. The van der Waals surface area contributed by atoms with E-state index in [0.717, 1.165) is 18.4 Å². The second-order valence-electron chi connectivity index (χ2n) is 5.52. The molecule has 1 fully saturated rings. The van der Waals surface area contributed by atoms with Gasteiger partial charge in [0.15, 0.2) is 0 Å². The molecule has 114 valence electrons. The topological polar surface area (TPSA) is 78.4 Å². The van der Waals surface area contributed by atoms with Gasteiger partial charge in [-0.3, -0.25) is 9.59 Å². The van der Waals surface area contributed by atoms with Crippen molar-refractivity contribution in [2.45, 2.75) is 32.3 Å².